The summed E-state index contributed by atoms with van der Waals surface area (Å²) >= 11 is 1.58. The fourth-order valence-electron chi connectivity index (χ4n) is 3.68. The lowest BCUT2D eigenvalue weighted by Gasteiger charge is -2.27. The first-order valence-corrected chi connectivity index (χ1v) is 10.8. The van der Waals surface area contributed by atoms with Crippen LogP contribution in [0.1, 0.15) is 30.0 Å². The minimum Gasteiger partial charge on any atom is -0.508 e. The van der Waals surface area contributed by atoms with E-state index in [1.807, 2.05) is 0 Å². The van der Waals surface area contributed by atoms with Gasteiger partial charge in [-0.2, -0.15) is 0 Å². The monoisotopic (exact) mass is 414 g/mol. The van der Waals surface area contributed by atoms with E-state index in [2.05, 4.69) is 19.7 Å². The van der Waals surface area contributed by atoms with Crippen LogP contribution in [0.3, 0.4) is 0 Å². The Bertz CT molecular complexity index is 1120. The molecule has 3 heterocycles. The molecule has 9 heteroatoms. The normalized spacial score (nSPS) is 17.2. The number of phenolic OH excluding ortho intramolecular Hbond substituents is 1. The van der Waals surface area contributed by atoms with Crippen LogP contribution in [0.2, 0.25) is 0 Å². The van der Waals surface area contributed by atoms with Crippen LogP contribution in [-0.4, -0.2) is 46.2 Å². The van der Waals surface area contributed by atoms with Gasteiger partial charge in [-0.15, -0.1) is 10.2 Å². The molecule has 2 aromatic heterocycles. The zero-order valence-electron chi connectivity index (χ0n) is 16.1. The second-order valence-corrected chi connectivity index (χ2v) is 8.39. The molecule has 152 valence electrons. The molecule has 2 fully saturated rings. The smallest absolute Gasteiger partial charge is 0.336 e. The number of aromatic hydroxyl groups is 1. The van der Waals surface area contributed by atoms with E-state index >= 15 is 0 Å². The largest absolute Gasteiger partial charge is 0.508 e. The average molecular weight is 414 g/mol. The Morgan fingerprint density at radius 1 is 1.24 bits per heavy atom. The van der Waals surface area contributed by atoms with Crippen LogP contribution in [0.4, 0.5) is 5.95 Å². The minimum absolute atomic E-state index is 0.120. The molecule has 0 atom stereocenters. The maximum absolute atomic E-state index is 12.1. The number of anilines is 1. The van der Waals surface area contributed by atoms with Gasteiger partial charge in [0.1, 0.15) is 11.3 Å². The topological polar surface area (TPSA) is 93.6 Å². The average Bonchev–Trinajstić information content (AvgIpc) is 3.49. The summed E-state index contributed by atoms with van der Waals surface area (Å²) in [6, 6.07) is 5.39. The number of phenols is 1. The summed E-state index contributed by atoms with van der Waals surface area (Å²) in [5, 5.41) is 20.6. The van der Waals surface area contributed by atoms with Crippen LogP contribution in [0.5, 0.6) is 5.75 Å². The zero-order chi connectivity index (χ0) is 20.0. The van der Waals surface area contributed by atoms with Crippen molar-refractivity contribution in [3.63, 3.8) is 0 Å². The predicted octanol–water partition coefficient (Wildman–Crippen LogP) is 2.86. The molecule has 0 bridgehead atoms. The van der Waals surface area contributed by atoms with Gasteiger partial charge in [-0.05, 0) is 37.5 Å². The molecule has 29 heavy (non-hydrogen) atoms. The standard InChI is InChI=1S/C20H22N4O4S/c1-12-16(25)5-4-15-13(10-17(26)28-18(12)15)11-29-20-22-21-19(24(20)14-2-3-14)23-6-8-27-9-7-23/h4-5,10,14,25H,2-3,6-9,11H2,1H3. The number of fused-ring (bicyclic) bond motifs is 1. The predicted molar refractivity (Wildman–Crippen MR) is 110 cm³/mol. The number of aryl methyl sites for hydroxylation is 1. The molecule has 1 aliphatic heterocycles. The highest BCUT2D eigenvalue weighted by molar-refractivity contribution is 7.98. The van der Waals surface area contributed by atoms with Crippen molar-refractivity contribution in [1.29, 1.82) is 0 Å². The third kappa shape index (κ3) is 3.49. The van der Waals surface area contributed by atoms with Crippen molar-refractivity contribution in [1.82, 2.24) is 14.8 Å². The van der Waals surface area contributed by atoms with Crippen LogP contribution in [0.15, 0.2) is 32.6 Å². The van der Waals surface area contributed by atoms with Crippen molar-refractivity contribution in [2.75, 3.05) is 31.2 Å². The summed E-state index contributed by atoms with van der Waals surface area (Å²) < 4.78 is 13.0. The molecule has 0 spiro atoms. The molecule has 5 rings (SSSR count). The van der Waals surface area contributed by atoms with Gasteiger partial charge in [-0.25, -0.2) is 4.79 Å². The van der Waals surface area contributed by atoms with E-state index in [1.54, 1.807) is 30.8 Å². The fraction of sp³-hybridized carbons (Fsp3) is 0.450. The number of nitrogens with zero attached hydrogens (tertiary/aromatic N) is 4. The number of benzene rings is 1. The van der Waals surface area contributed by atoms with Crippen LogP contribution in [0.25, 0.3) is 11.0 Å². The number of thioether (sulfide) groups is 1. The van der Waals surface area contributed by atoms with Gasteiger partial charge in [-0.3, -0.25) is 4.57 Å². The summed E-state index contributed by atoms with van der Waals surface area (Å²) in [4.78, 5) is 14.3. The number of morpholine rings is 1. The van der Waals surface area contributed by atoms with Crippen molar-refractivity contribution in [3.8, 4) is 5.75 Å². The summed E-state index contributed by atoms with van der Waals surface area (Å²) in [5.74, 6) is 1.60. The van der Waals surface area contributed by atoms with E-state index in [9.17, 15) is 9.90 Å². The maximum Gasteiger partial charge on any atom is 0.336 e. The SMILES string of the molecule is Cc1c(O)ccc2c(CSc3nnc(N4CCOCC4)n3C3CC3)cc(=O)oc12. The van der Waals surface area contributed by atoms with Crippen molar-refractivity contribution in [3.05, 3.63) is 39.7 Å². The van der Waals surface area contributed by atoms with Gasteiger partial charge in [0, 0.05) is 41.9 Å². The Morgan fingerprint density at radius 3 is 2.79 bits per heavy atom. The molecule has 3 aromatic rings. The molecule has 1 aliphatic carbocycles. The van der Waals surface area contributed by atoms with Crippen LogP contribution >= 0.6 is 11.8 Å². The van der Waals surface area contributed by atoms with E-state index < -0.39 is 5.63 Å². The van der Waals surface area contributed by atoms with Gasteiger partial charge in [-0.1, -0.05) is 11.8 Å². The van der Waals surface area contributed by atoms with E-state index in [0.29, 0.717) is 36.2 Å². The first kappa shape index (κ1) is 18.5. The van der Waals surface area contributed by atoms with Gasteiger partial charge in [0.2, 0.25) is 5.95 Å². The molecule has 0 amide bonds. The molecular formula is C20H22N4O4S. The molecule has 8 nitrogen and oxygen atoms in total. The summed E-state index contributed by atoms with van der Waals surface area (Å²) in [6.07, 6.45) is 2.28. The zero-order valence-corrected chi connectivity index (χ0v) is 16.9. The second-order valence-electron chi connectivity index (χ2n) is 7.45. The molecule has 1 saturated carbocycles. The molecule has 1 N–H and O–H groups in total. The Labute approximate surface area is 171 Å². The Kier molecular flexibility index (Phi) is 4.71. The van der Waals surface area contributed by atoms with Crippen molar-refractivity contribution in [2.24, 2.45) is 0 Å². The lowest BCUT2D eigenvalue weighted by Crippen LogP contribution is -2.38. The molecule has 0 radical (unpaired) electrons. The van der Waals surface area contributed by atoms with Gasteiger partial charge in [0.05, 0.1) is 13.2 Å². The quantitative estimate of drug-likeness (QED) is 0.503. The molecule has 2 aliphatic rings. The van der Waals surface area contributed by atoms with E-state index in [0.717, 1.165) is 48.0 Å². The lowest BCUT2D eigenvalue weighted by molar-refractivity contribution is 0.121. The Hall–Kier alpha value is -2.52. The van der Waals surface area contributed by atoms with E-state index in [1.165, 1.54) is 6.07 Å². The Balaban J connectivity index is 1.46. The van der Waals surface area contributed by atoms with Crippen LogP contribution < -0.4 is 10.5 Å². The fourth-order valence-corrected chi connectivity index (χ4v) is 4.67. The number of rotatable bonds is 5. The summed E-state index contributed by atoms with van der Waals surface area (Å²) in [7, 11) is 0. The first-order valence-electron chi connectivity index (χ1n) is 9.77. The number of hydrogen-bond donors (Lipinski definition) is 1. The maximum atomic E-state index is 12.1. The third-order valence-corrected chi connectivity index (χ3v) is 6.42. The lowest BCUT2D eigenvalue weighted by atomic mass is 10.1. The van der Waals surface area contributed by atoms with Crippen LogP contribution in [-0.2, 0) is 10.5 Å². The first-order chi connectivity index (χ1) is 14.1. The van der Waals surface area contributed by atoms with Gasteiger partial charge < -0.3 is 19.2 Å². The molecular weight excluding hydrogens is 392 g/mol. The number of hydrogen-bond acceptors (Lipinski definition) is 8. The second kappa shape index (κ2) is 7.38. The van der Waals surface area contributed by atoms with E-state index in [4.69, 9.17) is 9.15 Å². The van der Waals surface area contributed by atoms with E-state index in [-0.39, 0.29) is 5.75 Å². The number of aromatic nitrogens is 3. The van der Waals surface area contributed by atoms with Gasteiger partial charge in [0.25, 0.3) is 0 Å². The Morgan fingerprint density at radius 2 is 2.03 bits per heavy atom. The molecule has 1 aromatic carbocycles. The molecule has 1 saturated heterocycles. The van der Waals surface area contributed by atoms with Gasteiger partial charge in [0.15, 0.2) is 5.16 Å². The highest BCUT2D eigenvalue weighted by atomic mass is 32.2. The van der Waals surface area contributed by atoms with Gasteiger partial charge >= 0.3 is 5.63 Å². The van der Waals surface area contributed by atoms with Crippen LogP contribution in [0, 0.1) is 6.92 Å². The highest BCUT2D eigenvalue weighted by Gasteiger charge is 2.32. The summed E-state index contributed by atoms with van der Waals surface area (Å²) in [6.45, 7) is 4.80. The molecule has 0 unspecified atom stereocenters. The minimum atomic E-state index is -0.417. The van der Waals surface area contributed by atoms with Crippen molar-refractivity contribution < 1.29 is 14.3 Å². The summed E-state index contributed by atoms with van der Waals surface area (Å²) in [5.41, 5.74) is 1.45. The third-order valence-electron chi connectivity index (χ3n) is 5.43. The van der Waals surface area contributed by atoms with Crippen molar-refractivity contribution in [2.45, 2.75) is 36.7 Å². The van der Waals surface area contributed by atoms with Crippen molar-refractivity contribution >= 4 is 28.7 Å². The highest BCUT2D eigenvalue weighted by Crippen LogP contribution is 2.42. The number of ether oxygens (including phenoxy) is 1.